The number of nitrogens with zero attached hydrogens (tertiary/aromatic N) is 3. The maximum Gasteiger partial charge on any atom is 0.244 e. The van der Waals surface area contributed by atoms with Gasteiger partial charge in [-0.05, 0) is 45.8 Å². The molecule has 2 heterocycles. The van der Waals surface area contributed by atoms with Crippen molar-refractivity contribution < 1.29 is 4.79 Å². The van der Waals surface area contributed by atoms with Crippen LogP contribution in [0.4, 0.5) is 5.82 Å². The lowest BCUT2D eigenvalue weighted by Crippen LogP contribution is -2.27. The molecule has 0 aliphatic rings. The van der Waals surface area contributed by atoms with Crippen molar-refractivity contribution in [2.45, 2.75) is 0 Å². The molecule has 32 heavy (non-hydrogen) atoms. The predicted molar refractivity (Wildman–Crippen MR) is 133 cm³/mol. The summed E-state index contributed by atoms with van der Waals surface area (Å²) in [6.45, 7) is 0.918. The highest BCUT2D eigenvalue weighted by atomic mass is 79.9. The smallest absolute Gasteiger partial charge is 0.244 e. The number of nitrogens with one attached hydrogen (secondary N) is 2. The summed E-state index contributed by atoms with van der Waals surface area (Å²) in [7, 11) is 0. The van der Waals surface area contributed by atoms with Crippen LogP contribution >= 0.6 is 39.1 Å². The Morgan fingerprint density at radius 1 is 1.09 bits per heavy atom. The summed E-state index contributed by atoms with van der Waals surface area (Å²) < 4.78 is 2.47. The first-order chi connectivity index (χ1) is 15.5. The highest BCUT2D eigenvalue weighted by Crippen LogP contribution is 2.30. The Balaban J connectivity index is 1.43. The molecule has 4 aromatic rings. The summed E-state index contributed by atoms with van der Waals surface area (Å²) in [6.07, 6.45) is 4.89. The Hall–Kier alpha value is -2.87. The van der Waals surface area contributed by atoms with E-state index in [9.17, 15) is 4.79 Å². The van der Waals surface area contributed by atoms with E-state index in [4.69, 9.17) is 23.2 Å². The third-order valence-electron chi connectivity index (χ3n) is 4.58. The third-order valence-corrected chi connectivity index (χ3v) is 5.71. The Morgan fingerprint density at radius 2 is 1.94 bits per heavy atom. The molecule has 2 aromatic carbocycles. The van der Waals surface area contributed by atoms with Gasteiger partial charge in [-0.25, -0.2) is 4.98 Å². The van der Waals surface area contributed by atoms with Gasteiger partial charge in [0, 0.05) is 40.8 Å². The van der Waals surface area contributed by atoms with Crippen LogP contribution in [0.25, 0.3) is 23.0 Å². The molecule has 0 saturated heterocycles. The van der Waals surface area contributed by atoms with Crippen LogP contribution in [0.3, 0.4) is 0 Å². The van der Waals surface area contributed by atoms with E-state index < -0.39 is 0 Å². The number of carbonyl (C=O) groups is 1. The van der Waals surface area contributed by atoms with Crippen LogP contribution in [-0.4, -0.2) is 33.6 Å². The number of anilines is 1. The number of halogens is 3. The average Bonchev–Trinajstić information content (AvgIpc) is 3.16. The van der Waals surface area contributed by atoms with E-state index in [1.165, 1.54) is 6.08 Å². The van der Waals surface area contributed by atoms with Gasteiger partial charge in [-0.2, -0.15) is 9.61 Å². The molecule has 0 saturated carbocycles. The van der Waals surface area contributed by atoms with Gasteiger partial charge in [0.15, 0.2) is 5.65 Å². The molecule has 0 atom stereocenters. The molecule has 0 aliphatic carbocycles. The van der Waals surface area contributed by atoms with Crippen LogP contribution < -0.4 is 10.6 Å². The Kier molecular flexibility index (Phi) is 7.09. The van der Waals surface area contributed by atoms with E-state index in [0.717, 1.165) is 27.1 Å². The first-order valence-electron chi connectivity index (χ1n) is 9.76. The zero-order chi connectivity index (χ0) is 22.5. The van der Waals surface area contributed by atoms with Crippen LogP contribution in [0.15, 0.2) is 71.3 Å². The van der Waals surface area contributed by atoms with Gasteiger partial charge in [-0.3, -0.25) is 4.79 Å². The van der Waals surface area contributed by atoms with Gasteiger partial charge in [-0.1, -0.05) is 53.5 Å². The van der Waals surface area contributed by atoms with Gasteiger partial charge in [0.25, 0.3) is 0 Å². The standard InChI is InChI=1S/C23H18BrCl2N5O/c24-18-14-29-31-21(13-20(30-23(18)31)17-6-1-2-7-19(17)26)27-10-11-28-22(32)9-8-15-4-3-5-16(25)12-15/h1-9,12-14,27H,10-11H2,(H,28,32)/b9-8+. The molecule has 0 spiro atoms. The number of amides is 1. The van der Waals surface area contributed by atoms with Crippen molar-refractivity contribution in [3.63, 3.8) is 0 Å². The fraction of sp³-hybridized carbons (Fsp3) is 0.0870. The molecular weight excluding hydrogens is 513 g/mol. The van der Waals surface area contributed by atoms with Crippen LogP contribution in [-0.2, 0) is 4.79 Å². The van der Waals surface area contributed by atoms with Crippen molar-refractivity contribution >= 4 is 62.6 Å². The van der Waals surface area contributed by atoms with Gasteiger partial charge in [0.05, 0.1) is 16.4 Å². The van der Waals surface area contributed by atoms with Crippen LogP contribution in [0.5, 0.6) is 0 Å². The molecule has 0 fully saturated rings. The minimum Gasteiger partial charge on any atom is -0.368 e. The normalized spacial score (nSPS) is 11.2. The van der Waals surface area contributed by atoms with Gasteiger partial charge in [-0.15, -0.1) is 0 Å². The van der Waals surface area contributed by atoms with Crippen LogP contribution in [0, 0.1) is 0 Å². The lowest BCUT2D eigenvalue weighted by Gasteiger charge is -2.12. The molecular formula is C23H18BrCl2N5O. The molecule has 6 nitrogen and oxygen atoms in total. The zero-order valence-corrected chi connectivity index (χ0v) is 19.8. The van der Waals surface area contributed by atoms with Crippen LogP contribution in [0.2, 0.25) is 10.0 Å². The number of aromatic nitrogens is 3. The van der Waals surface area contributed by atoms with Crippen molar-refractivity contribution in [3.8, 4) is 11.3 Å². The molecule has 0 bridgehead atoms. The van der Waals surface area contributed by atoms with E-state index in [-0.39, 0.29) is 5.91 Å². The van der Waals surface area contributed by atoms with Gasteiger partial charge < -0.3 is 10.6 Å². The fourth-order valence-electron chi connectivity index (χ4n) is 3.09. The number of hydrogen-bond acceptors (Lipinski definition) is 4. The van der Waals surface area contributed by atoms with Gasteiger partial charge in [0.2, 0.25) is 5.91 Å². The molecule has 0 unspecified atom stereocenters. The number of carbonyl (C=O) groups excluding carboxylic acids is 1. The van der Waals surface area contributed by atoms with Crippen molar-refractivity contribution in [2.75, 3.05) is 18.4 Å². The largest absolute Gasteiger partial charge is 0.368 e. The summed E-state index contributed by atoms with van der Waals surface area (Å²) in [5.74, 6) is 0.546. The fourth-order valence-corrected chi connectivity index (χ4v) is 3.87. The van der Waals surface area contributed by atoms with E-state index >= 15 is 0 Å². The summed E-state index contributed by atoms with van der Waals surface area (Å²) in [4.78, 5) is 16.8. The van der Waals surface area contributed by atoms with E-state index in [1.54, 1.807) is 28.9 Å². The number of benzene rings is 2. The minimum absolute atomic E-state index is 0.190. The molecule has 1 amide bonds. The Bertz CT molecular complexity index is 1300. The van der Waals surface area contributed by atoms with E-state index in [2.05, 4.69) is 36.6 Å². The van der Waals surface area contributed by atoms with Crippen molar-refractivity contribution in [1.82, 2.24) is 19.9 Å². The summed E-state index contributed by atoms with van der Waals surface area (Å²) in [5.41, 5.74) is 3.08. The van der Waals surface area contributed by atoms with E-state index in [0.29, 0.717) is 28.8 Å². The molecule has 9 heteroatoms. The maximum atomic E-state index is 12.1. The number of rotatable bonds is 7. The lowest BCUT2D eigenvalue weighted by atomic mass is 10.1. The monoisotopic (exact) mass is 529 g/mol. The third kappa shape index (κ3) is 5.30. The highest BCUT2D eigenvalue weighted by molar-refractivity contribution is 9.10. The van der Waals surface area contributed by atoms with Crippen molar-refractivity contribution in [2.24, 2.45) is 0 Å². The molecule has 162 valence electrons. The van der Waals surface area contributed by atoms with Gasteiger partial charge >= 0.3 is 0 Å². The summed E-state index contributed by atoms with van der Waals surface area (Å²) in [6, 6.07) is 16.7. The second-order valence-corrected chi connectivity index (χ2v) is 8.54. The molecule has 2 aromatic heterocycles. The topological polar surface area (TPSA) is 71.3 Å². The zero-order valence-electron chi connectivity index (χ0n) is 16.7. The lowest BCUT2D eigenvalue weighted by molar-refractivity contribution is -0.116. The number of hydrogen-bond donors (Lipinski definition) is 2. The Labute approximate surface area is 203 Å². The SMILES string of the molecule is O=C(/C=C/c1cccc(Cl)c1)NCCNc1cc(-c2ccccc2Cl)nc2c(Br)cnn12. The molecule has 0 aliphatic heterocycles. The first kappa shape index (κ1) is 22.3. The minimum atomic E-state index is -0.190. The predicted octanol–water partition coefficient (Wildman–Crippen LogP) is 5.71. The second kappa shape index (κ2) is 10.2. The molecule has 4 rings (SSSR count). The summed E-state index contributed by atoms with van der Waals surface area (Å²) >= 11 is 15.8. The van der Waals surface area contributed by atoms with E-state index in [1.807, 2.05) is 42.5 Å². The number of fused-ring (bicyclic) bond motifs is 1. The summed E-state index contributed by atoms with van der Waals surface area (Å²) in [5, 5.41) is 11.8. The molecule has 2 N–H and O–H groups in total. The van der Waals surface area contributed by atoms with Gasteiger partial charge in [0.1, 0.15) is 5.82 Å². The first-order valence-corrected chi connectivity index (χ1v) is 11.3. The Morgan fingerprint density at radius 3 is 2.75 bits per heavy atom. The molecule has 0 radical (unpaired) electrons. The van der Waals surface area contributed by atoms with Crippen molar-refractivity contribution in [1.29, 1.82) is 0 Å². The van der Waals surface area contributed by atoms with Crippen molar-refractivity contribution in [3.05, 3.63) is 87.0 Å². The highest BCUT2D eigenvalue weighted by Gasteiger charge is 2.13. The second-order valence-electron chi connectivity index (χ2n) is 6.84. The quantitative estimate of drug-likeness (QED) is 0.237. The average molecular weight is 531 g/mol. The van der Waals surface area contributed by atoms with Crippen LogP contribution in [0.1, 0.15) is 5.56 Å². The maximum absolute atomic E-state index is 12.1.